The molecule has 2 aromatic rings. The Morgan fingerprint density at radius 3 is 2.77 bits per heavy atom. The molecular weight excluding hydrogens is 296 g/mol. The number of hydrogen-bond acceptors (Lipinski definition) is 2. The lowest BCUT2D eigenvalue weighted by Crippen LogP contribution is -2.37. The van der Waals surface area contributed by atoms with Crippen molar-refractivity contribution in [1.82, 2.24) is 10.6 Å². The summed E-state index contributed by atoms with van der Waals surface area (Å²) in [6.45, 7) is 1.84. The molecule has 1 atom stereocenters. The predicted molar refractivity (Wildman–Crippen MR) is 93.6 cm³/mol. The van der Waals surface area contributed by atoms with Gasteiger partial charge in [0.25, 0.3) is 0 Å². The van der Waals surface area contributed by atoms with E-state index in [4.69, 9.17) is 0 Å². The highest BCUT2D eigenvalue weighted by Crippen LogP contribution is 2.16. The van der Waals surface area contributed by atoms with Gasteiger partial charge in [0.05, 0.1) is 0 Å². The number of fused-ring (bicyclic) bond motifs is 1. The fourth-order valence-electron chi connectivity index (χ4n) is 2.91. The largest absolute Gasteiger partial charge is 0.355 e. The lowest BCUT2D eigenvalue weighted by molar-refractivity contribution is -0.121. The topological polar surface area (TPSA) is 41.1 Å². The van der Waals surface area contributed by atoms with Crippen LogP contribution in [-0.4, -0.2) is 25.0 Å². The molecule has 0 radical (unpaired) electrons. The molecule has 1 heterocycles. The Bertz CT molecular complexity index is 623. The summed E-state index contributed by atoms with van der Waals surface area (Å²) in [5.41, 5.74) is 1.22. The summed E-state index contributed by atoms with van der Waals surface area (Å²) in [7, 11) is 0. The molecule has 0 spiro atoms. The third-order valence-electron chi connectivity index (χ3n) is 4.16. The minimum absolute atomic E-state index is 0. The van der Waals surface area contributed by atoms with Crippen LogP contribution >= 0.6 is 12.4 Å². The Balaban J connectivity index is 0.00000176. The summed E-state index contributed by atoms with van der Waals surface area (Å²) < 4.78 is 0. The maximum atomic E-state index is 11.9. The van der Waals surface area contributed by atoms with Crippen molar-refractivity contribution in [2.45, 2.75) is 31.7 Å². The quantitative estimate of drug-likeness (QED) is 0.889. The predicted octanol–water partition coefficient (Wildman–Crippen LogP) is 3.06. The normalized spacial score (nSPS) is 17.2. The fourth-order valence-corrected chi connectivity index (χ4v) is 2.91. The Labute approximate surface area is 137 Å². The van der Waals surface area contributed by atoms with Crippen LogP contribution in [0.4, 0.5) is 0 Å². The molecule has 1 aliphatic heterocycles. The monoisotopic (exact) mass is 318 g/mol. The van der Waals surface area contributed by atoms with E-state index in [2.05, 4.69) is 41.0 Å². The zero-order valence-corrected chi connectivity index (χ0v) is 13.5. The molecule has 1 aliphatic rings. The second-order valence-corrected chi connectivity index (χ2v) is 5.78. The molecule has 1 unspecified atom stereocenters. The van der Waals surface area contributed by atoms with E-state index in [0.29, 0.717) is 12.5 Å². The molecule has 1 amide bonds. The van der Waals surface area contributed by atoms with Crippen molar-refractivity contribution in [3.63, 3.8) is 0 Å². The van der Waals surface area contributed by atoms with Crippen LogP contribution < -0.4 is 10.6 Å². The lowest BCUT2D eigenvalue weighted by Gasteiger charge is -2.11. The average Bonchev–Trinajstić information content (AvgIpc) is 3.04. The van der Waals surface area contributed by atoms with Gasteiger partial charge in [-0.2, -0.15) is 0 Å². The van der Waals surface area contributed by atoms with Crippen molar-refractivity contribution >= 4 is 29.1 Å². The van der Waals surface area contributed by atoms with E-state index in [1.165, 1.54) is 29.2 Å². The molecule has 0 aromatic heterocycles. The summed E-state index contributed by atoms with van der Waals surface area (Å²) in [4.78, 5) is 11.9. The summed E-state index contributed by atoms with van der Waals surface area (Å²) in [6, 6.07) is 15.2. The molecule has 3 rings (SSSR count). The third kappa shape index (κ3) is 4.46. The smallest absolute Gasteiger partial charge is 0.220 e. The molecular formula is C18H23ClN2O. The van der Waals surface area contributed by atoms with Gasteiger partial charge in [-0.1, -0.05) is 42.5 Å². The molecule has 118 valence electrons. The van der Waals surface area contributed by atoms with Crippen LogP contribution in [0.2, 0.25) is 0 Å². The Morgan fingerprint density at radius 1 is 1.18 bits per heavy atom. The number of amides is 1. The van der Waals surface area contributed by atoms with Crippen LogP contribution in [0, 0.1) is 0 Å². The Hall–Kier alpha value is -1.58. The zero-order valence-electron chi connectivity index (χ0n) is 12.7. The van der Waals surface area contributed by atoms with Gasteiger partial charge in [-0.3, -0.25) is 4.79 Å². The van der Waals surface area contributed by atoms with Crippen LogP contribution in [0.15, 0.2) is 42.5 Å². The number of nitrogens with one attached hydrogen (secondary N) is 2. The van der Waals surface area contributed by atoms with Crippen molar-refractivity contribution in [3.05, 3.63) is 48.0 Å². The van der Waals surface area contributed by atoms with E-state index in [9.17, 15) is 4.79 Å². The number of rotatable bonds is 5. The van der Waals surface area contributed by atoms with Crippen molar-refractivity contribution in [2.75, 3.05) is 13.1 Å². The number of halogens is 1. The summed E-state index contributed by atoms with van der Waals surface area (Å²) in [5.74, 6) is 0.150. The van der Waals surface area contributed by atoms with Crippen LogP contribution in [0.3, 0.4) is 0 Å². The first kappa shape index (κ1) is 16.8. The molecule has 0 saturated carbocycles. The first-order valence-electron chi connectivity index (χ1n) is 7.79. The molecule has 1 saturated heterocycles. The van der Waals surface area contributed by atoms with Gasteiger partial charge in [0.2, 0.25) is 5.91 Å². The van der Waals surface area contributed by atoms with Gasteiger partial charge in [-0.25, -0.2) is 0 Å². The average molecular weight is 319 g/mol. The van der Waals surface area contributed by atoms with Gasteiger partial charge in [0.15, 0.2) is 0 Å². The minimum atomic E-state index is 0. The third-order valence-corrected chi connectivity index (χ3v) is 4.16. The molecule has 0 aliphatic carbocycles. The highest BCUT2D eigenvalue weighted by molar-refractivity contribution is 5.85. The highest BCUT2D eigenvalue weighted by Gasteiger charge is 2.14. The van der Waals surface area contributed by atoms with Gasteiger partial charge < -0.3 is 10.6 Å². The first-order chi connectivity index (χ1) is 10.3. The molecule has 3 nitrogen and oxygen atoms in total. The molecule has 4 heteroatoms. The van der Waals surface area contributed by atoms with E-state index in [1.807, 2.05) is 12.1 Å². The lowest BCUT2D eigenvalue weighted by atomic mass is 10.0. The molecule has 2 N–H and O–H groups in total. The summed E-state index contributed by atoms with van der Waals surface area (Å²) in [6.07, 6.45) is 3.75. The van der Waals surface area contributed by atoms with Gasteiger partial charge >= 0.3 is 0 Å². The van der Waals surface area contributed by atoms with Gasteiger partial charge in [0, 0.05) is 19.0 Å². The van der Waals surface area contributed by atoms with Crippen molar-refractivity contribution in [3.8, 4) is 0 Å². The molecule has 1 fully saturated rings. The number of aryl methyl sites for hydroxylation is 1. The van der Waals surface area contributed by atoms with Crippen molar-refractivity contribution in [1.29, 1.82) is 0 Å². The minimum Gasteiger partial charge on any atom is -0.355 e. The molecule has 22 heavy (non-hydrogen) atoms. The SMILES string of the molecule is Cl.O=C(CCc1ccc2ccccc2c1)NCC1CCCN1. The number of hydrogen-bond donors (Lipinski definition) is 2. The Morgan fingerprint density at radius 2 is 2.00 bits per heavy atom. The number of carbonyl (C=O) groups is 1. The second kappa shape index (κ2) is 8.16. The summed E-state index contributed by atoms with van der Waals surface area (Å²) in [5, 5.41) is 8.91. The van der Waals surface area contributed by atoms with E-state index in [0.717, 1.165) is 19.5 Å². The molecule has 2 aromatic carbocycles. The van der Waals surface area contributed by atoms with E-state index in [-0.39, 0.29) is 18.3 Å². The zero-order chi connectivity index (χ0) is 14.5. The maximum Gasteiger partial charge on any atom is 0.220 e. The maximum absolute atomic E-state index is 11.9. The van der Waals surface area contributed by atoms with Crippen molar-refractivity contribution < 1.29 is 4.79 Å². The second-order valence-electron chi connectivity index (χ2n) is 5.78. The summed E-state index contributed by atoms with van der Waals surface area (Å²) >= 11 is 0. The Kier molecular flexibility index (Phi) is 6.22. The van der Waals surface area contributed by atoms with E-state index >= 15 is 0 Å². The first-order valence-corrected chi connectivity index (χ1v) is 7.79. The van der Waals surface area contributed by atoms with Crippen LogP contribution in [0.5, 0.6) is 0 Å². The van der Waals surface area contributed by atoms with Crippen LogP contribution in [-0.2, 0) is 11.2 Å². The van der Waals surface area contributed by atoms with Crippen molar-refractivity contribution in [2.24, 2.45) is 0 Å². The molecule has 0 bridgehead atoms. The number of carbonyl (C=O) groups excluding carboxylic acids is 1. The van der Waals surface area contributed by atoms with E-state index in [1.54, 1.807) is 0 Å². The fraction of sp³-hybridized carbons (Fsp3) is 0.389. The van der Waals surface area contributed by atoms with Gasteiger partial charge in [0.1, 0.15) is 0 Å². The standard InChI is InChI=1S/C18H22N2O.ClH/c21-18(20-13-17-6-3-11-19-17)10-8-14-7-9-15-4-1-2-5-16(15)12-14;/h1-2,4-5,7,9,12,17,19H,3,6,8,10-11,13H2,(H,20,21);1H. The van der Waals surface area contributed by atoms with Crippen LogP contribution in [0.25, 0.3) is 10.8 Å². The van der Waals surface area contributed by atoms with Gasteiger partial charge in [-0.05, 0) is 42.1 Å². The van der Waals surface area contributed by atoms with E-state index < -0.39 is 0 Å². The number of benzene rings is 2. The van der Waals surface area contributed by atoms with Crippen LogP contribution in [0.1, 0.15) is 24.8 Å². The highest BCUT2D eigenvalue weighted by atomic mass is 35.5. The van der Waals surface area contributed by atoms with Gasteiger partial charge in [-0.15, -0.1) is 12.4 Å².